The molecule has 28 heavy (non-hydrogen) atoms. The Morgan fingerprint density at radius 3 is 2.71 bits per heavy atom. The molecular weight excluding hydrogens is 376 g/mol. The summed E-state index contributed by atoms with van der Waals surface area (Å²) in [6, 6.07) is 9.58. The number of carbonyl (C=O) groups excluding carboxylic acids is 1. The van der Waals surface area contributed by atoms with Crippen molar-refractivity contribution in [1.82, 2.24) is 29.6 Å². The summed E-state index contributed by atoms with van der Waals surface area (Å²) in [7, 11) is 1.36. The van der Waals surface area contributed by atoms with Gasteiger partial charge < -0.3 is 9.14 Å². The Labute approximate surface area is 165 Å². The van der Waals surface area contributed by atoms with Crippen LogP contribution in [0.4, 0.5) is 0 Å². The lowest BCUT2D eigenvalue weighted by molar-refractivity contribution is 0.0602. The zero-order valence-corrected chi connectivity index (χ0v) is 16.5. The Balaban J connectivity index is 1.62. The number of fused-ring (bicyclic) bond motifs is 1. The number of imidazole rings is 1. The van der Waals surface area contributed by atoms with Crippen LogP contribution in [0, 0.1) is 13.8 Å². The molecule has 0 N–H and O–H groups in total. The first-order valence-electron chi connectivity index (χ1n) is 8.61. The van der Waals surface area contributed by atoms with Crippen LogP contribution in [-0.4, -0.2) is 42.7 Å². The molecule has 0 bridgehead atoms. The van der Waals surface area contributed by atoms with Crippen LogP contribution in [0.1, 0.15) is 27.2 Å². The van der Waals surface area contributed by atoms with Crippen molar-refractivity contribution < 1.29 is 9.53 Å². The fraction of sp³-hybridized carbons (Fsp3) is 0.211. The number of aromatic nitrogens is 6. The maximum absolute atomic E-state index is 11.9. The number of hydrogen-bond acceptors (Lipinski definition) is 7. The van der Waals surface area contributed by atoms with Gasteiger partial charge in [-0.1, -0.05) is 30.0 Å². The van der Waals surface area contributed by atoms with Gasteiger partial charge in [0, 0.05) is 18.1 Å². The number of tetrazole rings is 1. The van der Waals surface area contributed by atoms with Crippen LogP contribution in [0.5, 0.6) is 0 Å². The van der Waals surface area contributed by atoms with Gasteiger partial charge in [0.15, 0.2) is 5.65 Å². The molecule has 4 aromatic rings. The highest BCUT2D eigenvalue weighted by Crippen LogP contribution is 2.26. The highest BCUT2D eigenvalue weighted by atomic mass is 32.2. The number of benzene rings is 1. The molecule has 4 rings (SSSR count). The van der Waals surface area contributed by atoms with Crippen LogP contribution in [0.15, 0.2) is 47.9 Å². The Bertz CT molecular complexity index is 1150. The molecule has 9 heteroatoms. The third-order valence-corrected chi connectivity index (χ3v) is 5.33. The average Bonchev–Trinajstić information content (AvgIpc) is 3.31. The second-order valence-corrected chi connectivity index (χ2v) is 7.22. The molecular formula is C19H18N6O2S. The van der Waals surface area contributed by atoms with Crippen LogP contribution in [-0.2, 0) is 10.5 Å². The molecule has 0 saturated carbocycles. The van der Waals surface area contributed by atoms with E-state index < -0.39 is 5.97 Å². The Morgan fingerprint density at radius 2 is 1.96 bits per heavy atom. The standard InChI is InChI=1S/C19H18N6O2S/c1-12-6-4-7-13(2)16(12)25-19(21-22-23-25)28-11-14-10-24-9-5-8-15(17(24)20-14)18(26)27-3/h4-10H,11H2,1-3H3. The van der Waals surface area contributed by atoms with E-state index in [2.05, 4.69) is 20.5 Å². The van der Waals surface area contributed by atoms with Crippen LogP contribution < -0.4 is 0 Å². The summed E-state index contributed by atoms with van der Waals surface area (Å²) >= 11 is 1.49. The largest absolute Gasteiger partial charge is 0.465 e. The average molecular weight is 394 g/mol. The maximum atomic E-state index is 11.9. The monoisotopic (exact) mass is 394 g/mol. The van der Waals surface area contributed by atoms with Crippen LogP contribution in [0.2, 0.25) is 0 Å². The van der Waals surface area contributed by atoms with E-state index in [0.29, 0.717) is 22.1 Å². The fourth-order valence-electron chi connectivity index (χ4n) is 3.09. The van der Waals surface area contributed by atoms with E-state index in [1.807, 2.05) is 48.8 Å². The summed E-state index contributed by atoms with van der Waals surface area (Å²) in [4.78, 5) is 16.5. The number of thioether (sulfide) groups is 1. The van der Waals surface area contributed by atoms with Gasteiger partial charge in [0.25, 0.3) is 0 Å². The fourth-order valence-corrected chi connectivity index (χ4v) is 3.85. The van der Waals surface area contributed by atoms with Crippen molar-refractivity contribution >= 4 is 23.4 Å². The first kappa shape index (κ1) is 18.2. The summed E-state index contributed by atoms with van der Waals surface area (Å²) in [5.74, 6) is 0.155. The van der Waals surface area contributed by atoms with E-state index in [-0.39, 0.29) is 0 Å². The number of rotatable bonds is 5. The molecule has 0 aliphatic rings. The lowest BCUT2D eigenvalue weighted by Gasteiger charge is -2.10. The minimum Gasteiger partial charge on any atom is -0.465 e. The molecule has 8 nitrogen and oxygen atoms in total. The van der Waals surface area contributed by atoms with E-state index in [9.17, 15) is 4.79 Å². The second-order valence-electron chi connectivity index (χ2n) is 6.28. The van der Waals surface area contributed by atoms with Gasteiger partial charge >= 0.3 is 5.97 Å². The van der Waals surface area contributed by atoms with E-state index in [0.717, 1.165) is 22.5 Å². The smallest absolute Gasteiger partial charge is 0.341 e. The van der Waals surface area contributed by atoms with E-state index >= 15 is 0 Å². The van der Waals surface area contributed by atoms with Gasteiger partial charge in [0.2, 0.25) is 5.16 Å². The summed E-state index contributed by atoms with van der Waals surface area (Å²) < 4.78 is 8.40. The topological polar surface area (TPSA) is 87.2 Å². The van der Waals surface area contributed by atoms with Crippen LogP contribution in [0.3, 0.4) is 0 Å². The van der Waals surface area contributed by atoms with Crippen molar-refractivity contribution in [3.8, 4) is 5.69 Å². The highest BCUT2D eigenvalue weighted by Gasteiger charge is 2.16. The Hall–Kier alpha value is -3.20. The van der Waals surface area contributed by atoms with Crippen molar-refractivity contribution in [2.45, 2.75) is 24.8 Å². The Kier molecular flexibility index (Phi) is 4.82. The Morgan fingerprint density at radius 1 is 1.18 bits per heavy atom. The van der Waals surface area contributed by atoms with Crippen molar-refractivity contribution in [2.75, 3.05) is 7.11 Å². The number of hydrogen-bond donors (Lipinski definition) is 0. The zero-order valence-electron chi connectivity index (χ0n) is 15.7. The second kappa shape index (κ2) is 7.43. The quantitative estimate of drug-likeness (QED) is 0.380. The molecule has 3 aromatic heterocycles. The van der Waals surface area contributed by atoms with E-state index in [1.165, 1.54) is 18.9 Å². The van der Waals surface area contributed by atoms with Crippen molar-refractivity contribution in [3.05, 3.63) is 65.1 Å². The van der Waals surface area contributed by atoms with Crippen LogP contribution in [0.25, 0.3) is 11.3 Å². The van der Waals surface area contributed by atoms with Crippen molar-refractivity contribution in [1.29, 1.82) is 0 Å². The predicted octanol–water partition coefficient (Wildman–Crippen LogP) is 3.01. The molecule has 0 atom stereocenters. The van der Waals surface area contributed by atoms with Gasteiger partial charge in [-0.05, 0) is 47.5 Å². The van der Waals surface area contributed by atoms with Gasteiger partial charge in [-0.2, -0.15) is 4.68 Å². The van der Waals surface area contributed by atoms with Crippen LogP contribution >= 0.6 is 11.8 Å². The van der Waals surface area contributed by atoms with Crippen molar-refractivity contribution in [2.24, 2.45) is 0 Å². The number of methoxy groups -OCH3 is 1. The number of nitrogens with zero attached hydrogens (tertiary/aromatic N) is 6. The maximum Gasteiger partial charge on any atom is 0.341 e. The molecule has 0 aliphatic carbocycles. The molecule has 0 amide bonds. The number of esters is 1. The van der Waals surface area contributed by atoms with E-state index in [4.69, 9.17) is 4.74 Å². The highest BCUT2D eigenvalue weighted by molar-refractivity contribution is 7.98. The van der Waals surface area contributed by atoms with Gasteiger partial charge in [0.05, 0.1) is 18.5 Å². The molecule has 1 aromatic carbocycles. The summed E-state index contributed by atoms with van der Waals surface area (Å²) in [5.41, 5.74) is 5.01. The number of carbonyl (C=O) groups is 1. The zero-order chi connectivity index (χ0) is 19.7. The van der Waals surface area contributed by atoms with Gasteiger partial charge in [-0.15, -0.1) is 5.10 Å². The summed E-state index contributed by atoms with van der Waals surface area (Å²) in [6.07, 6.45) is 3.74. The van der Waals surface area contributed by atoms with Crippen molar-refractivity contribution in [3.63, 3.8) is 0 Å². The number of pyridine rings is 1. The first-order valence-corrected chi connectivity index (χ1v) is 9.59. The molecule has 0 spiro atoms. The molecule has 0 fully saturated rings. The minimum atomic E-state index is -0.408. The molecule has 0 aliphatic heterocycles. The minimum absolute atomic E-state index is 0.408. The number of aryl methyl sites for hydroxylation is 2. The summed E-state index contributed by atoms with van der Waals surface area (Å²) in [6.45, 7) is 4.07. The lowest BCUT2D eigenvalue weighted by atomic mass is 10.1. The predicted molar refractivity (Wildman–Crippen MR) is 105 cm³/mol. The molecule has 3 heterocycles. The van der Waals surface area contributed by atoms with Gasteiger partial charge in [-0.3, -0.25) is 0 Å². The normalized spacial score (nSPS) is 11.1. The first-order chi connectivity index (χ1) is 13.6. The third-order valence-electron chi connectivity index (χ3n) is 4.38. The van der Waals surface area contributed by atoms with E-state index in [1.54, 1.807) is 16.8 Å². The molecule has 0 unspecified atom stereocenters. The molecule has 142 valence electrons. The van der Waals surface area contributed by atoms with Gasteiger partial charge in [-0.25, -0.2) is 9.78 Å². The number of para-hydroxylation sites is 1. The molecule has 0 radical (unpaired) electrons. The SMILES string of the molecule is COC(=O)c1cccn2cc(CSc3nnnn3-c3c(C)cccc3C)nc12. The number of ether oxygens (including phenoxy) is 1. The lowest BCUT2D eigenvalue weighted by Crippen LogP contribution is -2.04. The van der Waals surface area contributed by atoms with Gasteiger partial charge in [0.1, 0.15) is 5.56 Å². The summed E-state index contributed by atoms with van der Waals surface area (Å²) in [5, 5.41) is 12.8. The third kappa shape index (κ3) is 3.24. The molecule has 0 saturated heterocycles.